The van der Waals surface area contributed by atoms with Crippen LogP contribution in [0, 0.1) is 13.8 Å². The van der Waals surface area contributed by atoms with E-state index in [4.69, 9.17) is 4.42 Å². The Kier molecular flexibility index (Phi) is 3.34. The standard InChI is InChI=1S/C13H14BrNO/c1-9-3-4-12(10(2)7-9)15-8-13-11(14)5-6-16-13/h3-7,15H,8H2,1-2H3. The maximum Gasteiger partial charge on any atom is 0.136 e. The zero-order chi connectivity index (χ0) is 11.5. The minimum Gasteiger partial charge on any atom is -0.466 e. The normalized spacial score (nSPS) is 10.4. The average Bonchev–Trinajstić information content (AvgIpc) is 2.63. The highest BCUT2D eigenvalue weighted by molar-refractivity contribution is 9.10. The summed E-state index contributed by atoms with van der Waals surface area (Å²) in [5.41, 5.74) is 3.68. The summed E-state index contributed by atoms with van der Waals surface area (Å²) in [6, 6.07) is 8.27. The lowest BCUT2D eigenvalue weighted by Gasteiger charge is -2.09. The molecule has 1 aromatic carbocycles. The third-order valence-electron chi connectivity index (χ3n) is 2.51. The van der Waals surface area contributed by atoms with Crippen molar-refractivity contribution in [3.63, 3.8) is 0 Å². The van der Waals surface area contributed by atoms with Gasteiger partial charge in [0, 0.05) is 5.69 Å². The van der Waals surface area contributed by atoms with Crippen molar-refractivity contribution in [1.82, 2.24) is 0 Å². The Balaban J connectivity index is 2.08. The number of hydrogen-bond donors (Lipinski definition) is 1. The van der Waals surface area contributed by atoms with Gasteiger partial charge < -0.3 is 9.73 Å². The fourth-order valence-electron chi connectivity index (χ4n) is 1.64. The Labute approximate surface area is 104 Å². The SMILES string of the molecule is Cc1ccc(NCc2occc2Br)c(C)c1. The van der Waals surface area contributed by atoms with Gasteiger partial charge in [-0.05, 0) is 47.5 Å². The second kappa shape index (κ2) is 4.74. The van der Waals surface area contributed by atoms with Crippen molar-refractivity contribution in [3.8, 4) is 0 Å². The molecule has 2 aromatic rings. The number of aryl methyl sites for hydroxylation is 2. The Morgan fingerprint density at radius 1 is 1.25 bits per heavy atom. The maximum atomic E-state index is 5.34. The lowest BCUT2D eigenvalue weighted by Crippen LogP contribution is -2.00. The third kappa shape index (κ3) is 2.47. The summed E-state index contributed by atoms with van der Waals surface area (Å²) in [5, 5.41) is 3.36. The maximum absolute atomic E-state index is 5.34. The van der Waals surface area contributed by atoms with E-state index in [2.05, 4.69) is 53.3 Å². The number of hydrogen-bond acceptors (Lipinski definition) is 2. The Hall–Kier alpha value is -1.22. The van der Waals surface area contributed by atoms with E-state index < -0.39 is 0 Å². The van der Waals surface area contributed by atoms with Crippen LogP contribution < -0.4 is 5.32 Å². The molecule has 2 nitrogen and oxygen atoms in total. The summed E-state index contributed by atoms with van der Waals surface area (Å²) in [6.07, 6.45) is 1.68. The zero-order valence-corrected chi connectivity index (χ0v) is 11.0. The summed E-state index contributed by atoms with van der Waals surface area (Å²) in [7, 11) is 0. The molecule has 0 spiro atoms. The monoisotopic (exact) mass is 279 g/mol. The highest BCUT2D eigenvalue weighted by Crippen LogP contribution is 2.21. The molecule has 0 aliphatic rings. The number of halogens is 1. The van der Waals surface area contributed by atoms with E-state index in [-0.39, 0.29) is 0 Å². The molecule has 2 rings (SSSR count). The first-order valence-electron chi connectivity index (χ1n) is 5.20. The van der Waals surface area contributed by atoms with Gasteiger partial charge in [-0.1, -0.05) is 17.7 Å². The predicted octanol–water partition coefficient (Wildman–Crippen LogP) is 4.27. The largest absolute Gasteiger partial charge is 0.466 e. The molecule has 0 bridgehead atoms. The van der Waals surface area contributed by atoms with Crippen molar-refractivity contribution in [2.75, 3.05) is 5.32 Å². The van der Waals surface area contributed by atoms with E-state index in [9.17, 15) is 0 Å². The zero-order valence-electron chi connectivity index (χ0n) is 9.38. The van der Waals surface area contributed by atoms with Gasteiger partial charge in [0.15, 0.2) is 0 Å². The number of anilines is 1. The summed E-state index contributed by atoms with van der Waals surface area (Å²) in [4.78, 5) is 0. The molecule has 0 unspecified atom stereocenters. The van der Waals surface area contributed by atoms with Crippen molar-refractivity contribution in [2.45, 2.75) is 20.4 Å². The molecule has 1 N–H and O–H groups in total. The second-order valence-electron chi connectivity index (χ2n) is 3.86. The van der Waals surface area contributed by atoms with Gasteiger partial charge in [-0.3, -0.25) is 0 Å². The summed E-state index contributed by atoms with van der Waals surface area (Å²) >= 11 is 3.44. The van der Waals surface area contributed by atoms with Crippen LogP contribution in [0.5, 0.6) is 0 Å². The summed E-state index contributed by atoms with van der Waals surface area (Å²) in [5.74, 6) is 0.917. The van der Waals surface area contributed by atoms with Gasteiger partial charge in [-0.2, -0.15) is 0 Å². The van der Waals surface area contributed by atoms with Gasteiger partial charge in [0.25, 0.3) is 0 Å². The van der Waals surface area contributed by atoms with Crippen molar-refractivity contribution >= 4 is 21.6 Å². The molecule has 1 aromatic heterocycles. The van der Waals surface area contributed by atoms with Crippen molar-refractivity contribution in [1.29, 1.82) is 0 Å². The first kappa shape index (κ1) is 11.3. The fourth-order valence-corrected chi connectivity index (χ4v) is 1.98. The molecule has 0 amide bonds. The molecular weight excluding hydrogens is 266 g/mol. The van der Waals surface area contributed by atoms with E-state index in [0.29, 0.717) is 6.54 Å². The van der Waals surface area contributed by atoms with Crippen LogP contribution in [-0.4, -0.2) is 0 Å². The molecule has 0 aliphatic carbocycles. The van der Waals surface area contributed by atoms with E-state index in [1.807, 2.05) is 6.07 Å². The number of nitrogens with one attached hydrogen (secondary N) is 1. The number of rotatable bonds is 3. The van der Waals surface area contributed by atoms with Crippen molar-refractivity contribution < 1.29 is 4.42 Å². The van der Waals surface area contributed by atoms with E-state index in [1.165, 1.54) is 11.1 Å². The molecule has 0 fully saturated rings. The van der Waals surface area contributed by atoms with Crippen LogP contribution >= 0.6 is 15.9 Å². The number of furan rings is 1. The van der Waals surface area contributed by atoms with Crippen LogP contribution in [0.3, 0.4) is 0 Å². The van der Waals surface area contributed by atoms with Crippen molar-refractivity contribution in [3.05, 3.63) is 51.9 Å². The molecule has 1 heterocycles. The fraction of sp³-hybridized carbons (Fsp3) is 0.231. The van der Waals surface area contributed by atoms with Gasteiger partial charge in [0.05, 0.1) is 17.3 Å². The molecule has 16 heavy (non-hydrogen) atoms. The lowest BCUT2D eigenvalue weighted by atomic mass is 10.1. The Morgan fingerprint density at radius 2 is 2.06 bits per heavy atom. The second-order valence-corrected chi connectivity index (χ2v) is 4.72. The first-order chi connectivity index (χ1) is 7.66. The van der Waals surface area contributed by atoms with Gasteiger partial charge in [0.2, 0.25) is 0 Å². The summed E-state index contributed by atoms with van der Waals surface area (Å²) in [6.45, 7) is 4.89. The van der Waals surface area contributed by atoms with Crippen LogP contribution in [0.15, 0.2) is 39.4 Å². The van der Waals surface area contributed by atoms with Crippen LogP contribution in [0.25, 0.3) is 0 Å². The first-order valence-corrected chi connectivity index (χ1v) is 5.99. The molecule has 0 aliphatic heterocycles. The van der Waals surface area contributed by atoms with E-state index in [0.717, 1.165) is 15.9 Å². The van der Waals surface area contributed by atoms with Crippen molar-refractivity contribution in [2.24, 2.45) is 0 Å². The van der Waals surface area contributed by atoms with E-state index >= 15 is 0 Å². The molecule has 0 saturated heterocycles. The van der Waals surface area contributed by atoms with Crippen LogP contribution in [0.1, 0.15) is 16.9 Å². The Morgan fingerprint density at radius 3 is 2.69 bits per heavy atom. The molecule has 0 saturated carbocycles. The minimum atomic E-state index is 0.692. The van der Waals surface area contributed by atoms with E-state index in [1.54, 1.807) is 6.26 Å². The molecule has 84 valence electrons. The minimum absolute atomic E-state index is 0.692. The van der Waals surface area contributed by atoms with Crippen LogP contribution in [0.2, 0.25) is 0 Å². The molecule has 0 radical (unpaired) electrons. The quantitative estimate of drug-likeness (QED) is 0.908. The van der Waals surface area contributed by atoms with Crippen LogP contribution in [-0.2, 0) is 6.54 Å². The predicted molar refractivity (Wildman–Crippen MR) is 69.7 cm³/mol. The smallest absolute Gasteiger partial charge is 0.136 e. The topological polar surface area (TPSA) is 25.2 Å². The molecule has 3 heteroatoms. The average molecular weight is 280 g/mol. The van der Waals surface area contributed by atoms with Gasteiger partial charge in [-0.25, -0.2) is 0 Å². The highest BCUT2D eigenvalue weighted by Gasteiger charge is 2.04. The molecule has 0 atom stereocenters. The lowest BCUT2D eigenvalue weighted by molar-refractivity contribution is 0.516. The third-order valence-corrected chi connectivity index (χ3v) is 3.22. The number of benzene rings is 1. The van der Waals surface area contributed by atoms with Crippen LogP contribution in [0.4, 0.5) is 5.69 Å². The highest BCUT2D eigenvalue weighted by atomic mass is 79.9. The van der Waals surface area contributed by atoms with Gasteiger partial charge >= 0.3 is 0 Å². The summed E-state index contributed by atoms with van der Waals surface area (Å²) < 4.78 is 6.34. The molecular formula is C13H14BrNO. The van der Waals surface area contributed by atoms with Gasteiger partial charge in [0.1, 0.15) is 5.76 Å². The van der Waals surface area contributed by atoms with Gasteiger partial charge in [-0.15, -0.1) is 0 Å². The Bertz CT molecular complexity index is 490.